The molecule has 3 N–H and O–H groups in total. The van der Waals surface area contributed by atoms with Gasteiger partial charge in [-0.1, -0.05) is 59.6 Å². The number of carbonyl (C=O) groups is 2. The summed E-state index contributed by atoms with van der Waals surface area (Å²) in [6, 6.07) is 24.6. The zero-order chi connectivity index (χ0) is 29.4. The molecule has 0 bridgehead atoms. The van der Waals surface area contributed by atoms with Crippen molar-refractivity contribution in [2.75, 3.05) is 4.72 Å². The maximum atomic E-state index is 12.6. The summed E-state index contributed by atoms with van der Waals surface area (Å²) in [5.41, 5.74) is 7.63. The van der Waals surface area contributed by atoms with E-state index < -0.39 is 21.8 Å². The number of carbonyl (C=O) groups excluding carboxylic acids is 2. The molecule has 0 aliphatic rings. The molecule has 0 atom stereocenters. The average molecular weight is 611 g/mol. The van der Waals surface area contributed by atoms with Crippen LogP contribution in [-0.2, 0) is 21.4 Å². The lowest BCUT2D eigenvalue weighted by molar-refractivity contribution is -0.117. The summed E-state index contributed by atoms with van der Waals surface area (Å²) in [5.74, 6) is -0.372. The standard InChI is InChI=1S/C30H25Cl2N3O5S/c1-20-18-24(13-16-26(20)31)40-19-22-6-11-23(12-7-22)30(37)34-33-29(36)17-10-21-8-14-25(15-9-21)41(38,39)35-28-5-3-2-4-27(28)32/h2-18,35H,19H2,1H3,(H,33,36)(H,34,37)/b17-10+. The monoisotopic (exact) mass is 609 g/mol. The summed E-state index contributed by atoms with van der Waals surface area (Å²) in [7, 11) is -3.85. The highest BCUT2D eigenvalue weighted by Crippen LogP contribution is 2.24. The van der Waals surface area contributed by atoms with E-state index in [9.17, 15) is 18.0 Å². The molecule has 0 saturated heterocycles. The molecular weight excluding hydrogens is 585 g/mol. The van der Waals surface area contributed by atoms with Gasteiger partial charge in [0.2, 0.25) is 0 Å². The Kier molecular flexibility index (Phi) is 9.67. The lowest BCUT2D eigenvalue weighted by Crippen LogP contribution is -2.40. The van der Waals surface area contributed by atoms with Crippen LogP contribution in [0.15, 0.2) is 102 Å². The van der Waals surface area contributed by atoms with Crippen LogP contribution in [0.1, 0.15) is 27.0 Å². The minimum atomic E-state index is -3.85. The molecular formula is C30H25Cl2N3O5S. The maximum absolute atomic E-state index is 12.6. The third-order valence-corrected chi connectivity index (χ3v) is 7.92. The van der Waals surface area contributed by atoms with Crippen molar-refractivity contribution in [1.29, 1.82) is 0 Å². The second-order valence-corrected chi connectivity index (χ2v) is 11.3. The predicted molar refractivity (Wildman–Crippen MR) is 160 cm³/mol. The molecule has 0 unspecified atom stereocenters. The maximum Gasteiger partial charge on any atom is 0.269 e. The van der Waals surface area contributed by atoms with Crippen LogP contribution in [0.3, 0.4) is 0 Å². The van der Waals surface area contributed by atoms with Crippen LogP contribution in [0, 0.1) is 6.92 Å². The molecule has 8 nitrogen and oxygen atoms in total. The first-order chi connectivity index (χ1) is 19.6. The van der Waals surface area contributed by atoms with Gasteiger partial charge in [-0.05, 0) is 84.3 Å². The number of nitrogens with one attached hydrogen (secondary N) is 3. The summed E-state index contributed by atoms with van der Waals surface area (Å²) in [5, 5.41) is 0.946. The molecule has 210 valence electrons. The second-order valence-electron chi connectivity index (χ2n) is 8.83. The lowest BCUT2D eigenvalue weighted by atomic mass is 10.1. The van der Waals surface area contributed by atoms with Gasteiger partial charge in [0.15, 0.2) is 0 Å². The number of halogens is 2. The molecule has 0 radical (unpaired) electrons. The van der Waals surface area contributed by atoms with Gasteiger partial charge in [-0.25, -0.2) is 8.42 Å². The summed E-state index contributed by atoms with van der Waals surface area (Å²) in [6.07, 6.45) is 2.70. The van der Waals surface area contributed by atoms with Gasteiger partial charge in [-0.2, -0.15) is 0 Å². The van der Waals surface area contributed by atoms with E-state index in [1.54, 1.807) is 72.8 Å². The van der Waals surface area contributed by atoms with Crippen LogP contribution in [0.4, 0.5) is 5.69 Å². The molecule has 0 aromatic heterocycles. The van der Waals surface area contributed by atoms with E-state index >= 15 is 0 Å². The van der Waals surface area contributed by atoms with Gasteiger partial charge in [-0.3, -0.25) is 25.2 Å². The van der Waals surface area contributed by atoms with E-state index in [0.717, 1.165) is 11.1 Å². The highest BCUT2D eigenvalue weighted by Gasteiger charge is 2.15. The largest absolute Gasteiger partial charge is 0.489 e. The van der Waals surface area contributed by atoms with Crippen molar-refractivity contribution < 1.29 is 22.7 Å². The van der Waals surface area contributed by atoms with Gasteiger partial charge in [0.1, 0.15) is 12.4 Å². The lowest BCUT2D eigenvalue weighted by Gasteiger charge is -2.09. The minimum Gasteiger partial charge on any atom is -0.489 e. The average Bonchev–Trinajstić information content (AvgIpc) is 2.97. The number of sulfonamides is 1. The fourth-order valence-corrected chi connectivity index (χ4v) is 4.97. The SMILES string of the molecule is Cc1cc(OCc2ccc(C(=O)NNC(=O)/C=C/c3ccc(S(=O)(=O)Nc4ccccc4Cl)cc3)cc2)ccc1Cl. The quantitative estimate of drug-likeness (QED) is 0.155. The number of benzene rings is 4. The second kappa shape index (κ2) is 13.4. The van der Waals surface area contributed by atoms with Gasteiger partial charge >= 0.3 is 0 Å². The Morgan fingerprint density at radius 3 is 2.24 bits per heavy atom. The number of hydrogen-bond donors (Lipinski definition) is 3. The molecule has 0 aliphatic carbocycles. The van der Waals surface area contributed by atoms with E-state index in [1.165, 1.54) is 24.3 Å². The smallest absolute Gasteiger partial charge is 0.269 e. The molecule has 0 fully saturated rings. The third kappa shape index (κ3) is 8.34. The predicted octanol–water partition coefficient (Wildman–Crippen LogP) is 6.16. The third-order valence-electron chi connectivity index (χ3n) is 5.79. The Balaban J connectivity index is 1.25. The minimum absolute atomic E-state index is 0.0314. The van der Waals surface area contributed by atoms with Crippen molar-refractivity contribution in [2.45, 2.75) is 18.4 Å². The van der Waals surface area contributed by atoms with Crippen molar-refractivity contribution in [3.05, 3.63) is 129 Å². The van der Waals surface area contributed by atoms with Crippen LogP contribution in [-0.4, -0.2) is 20.2 Å². The Labute approximate surface area is 248 Å². The number of hydrogen-bond acceptors (Lipinski definition) is 5. The van der Waals surface area contributed by atoms with E-state index in [0.29, 0.717) is 28.5 Å². The van der Waals surface area contributed by atoms with Crippen LogP contribution in [0.5, 0.6) is 5.75 Å². The molecule has 4 aromatic rings. The molecule has 0 saturated carbocycles. The Morgan fingerprint density at radius 1 is 0.854 bits per heavy atom. The van der Waals surface area contributed by atoms with Crippen LogP contribution >= 0.6 is 23.2 Å². The van der Waals surface area contributed by atoms with Gasteiger partial charge < -0.3 is 4.74 Å². The first-order valence-corrected chi connectivity index (χ1v) is 14.5. The van der Waals surface area contributed by atoms with Gasteiger partial charge in [0.05, 0.1) is 15.6 Å². The van der Waals surface area contributed by atoms with E-state index in [2.05, 4.69) is 15.6 Å². The molecule has 4 aromatic carbocycles. The summed E-state index contributed by atoms with van der Waals surface area (Å²) in [4.78, 5) is 24.6. The number of para-hydroxylation sites is 1. The van der Waals surface area contributed by atoms with Gasteiger partial charge in [-0.15, -0.1) is 0 Å². The number of hydrazine groups is 1. The zero-order valence-corrected chi connectivity index (χ0v) is 24.1. The van der Waals surface area contributed by atoms with Crippen LogP contribution in [0.25, 0.3) is 6.08 Å². The first kappa shape index (κ1) is 29.7. The number of anilines is 1. The highest BCUT2D eigenvalue weighted by atomic mass is 35.5. The summed E-state index contributed by atoms with van der Waals surface area (Å²) in [6.45, 7) is 2.21. The van der Waals surface area contributed by atoms with Crippen molar-refractivity contribution in [1.82, 2.24) is 10.9 Å². The molecule has 2 amide bonds. The van der Waals surface area contributed by atoms with Crippen LogP contribution < -0.4 is 20.3 Å². The summed E-state index contributed by atoms with van der Waals surface area (Å²) < 4.78 is 33.5. The van der Waals surface area contributed by atoms with Crippen LogP contribution in [0.2, 0.25) is 10.0 Å². The van der Waals surface area contributed by atoms with E-state index in [-0.39, 0.29) is 15.6 Å². The first-order valence-electron chi connectivity index (χ1n) is 12.2. The van der Waals surface area contributed by atoms with Crippen molar-refractivity contribution in [2.24, 2.45) is 0 Å². The van der Waals surface area contributed by atoms with Crippen molar-refractivity contribution >= 4 is 56.8 Å². The fraction of sp³-hybridized carbons (Fsp3) is 0.0667. The molecule has 0 aliphatic heterocycles. The number of amides is 2. The normalized spacial score (nSPS) is 11.2. The van der Waals surface area contributed by atoms with Gasteiger partial charge in [0.25, 0.3) is 21.8 Å². The topological polar surface area (TPSA) is 114 Å². The van der Waals surface area contributed by atoms with Crippen molar-refractivity contribution in [3.8, 4) is 5.75 Å². The molecule has 11 heteroatoms. The zero-order valence-electron chi connectivity index (χ0n) is 21.7. The number of ether oxygens (including phenoxy) is 1. The van der Waals surface area contributed by atoms with Crippen molar-refractivity contribution in [3.63, 3.8) is 0 Å². The van der Waals surface area contributed by atoms with E-state index in [1.807, 2.05) is 13.0 Å². The molecule has 41 heavy (non-hydrogen) atoms. The highest BCUT2D eigenvalue weighted by molar-refractivity contribution is 7.92. The Bertz CT molecular complexity index is 1690. The molecule has 0 spiro atoms. The van der Waals surface area contributed by atoms with E-state index in [4.69, 9.17) is 27.9 Å². The summed E-state index contributed by atoms with van der Waals surface area (Å²) >= 11 is 12.1. The number of aryl methyl sites for hydroxylation is 1. The Hall–Kier alpha value is -4.31. The molecule has 4 rings (SSSR count). The fourth-order valence-electron chi connectivity index (χ4n) is 3.54. The molecule has 0 heterocycles. The Morgan fingerprint density at radius 2 is 1.56 bits per heavy atom. The van der Waals surface area contributed by atoms with Gasteiger partial charge in [0, 0.05) is 16.7 Å². The number of rotatable bonds is 9.